The van der Waals surface area contributed by atoms with Gasteiger partial charge in [-0.25, -0.2) is 4.79 Å². The first kappa shape index (κ1) is 16.6. The summed E-state index contributed by atoms with van der Waals surface area (Å²) in [6, 6.07) is 3.86. The van der Waals surface area contributed by atoms with E-state index >= 15 is 0 Å². The number of furan rings is 1. The fourth-order valence-corrected chi connectivity index (χ4v) is 3.65. The Morgan fingerprint density at radius 1 is 1.29 bits per heavy atom. The van der Waals surface area contributed by atoms with E-state index in [1.165, 1.54) is 0 Å². The largest absolute Gasteiger partial charge is 0.463 e. The minimum atomic E-state index is -0.434. The van der Waals surface area contributed by atoms with Gasteiger partial charge in [-0.2, -0.15) is 0 Å². The van der Waals surface area contributed by atoms with Crippen molar-refractivity contribution in [1.29, 1.82) is 0 Å². The second-order valence-electron chi connectivity index (χ2n) is 6.44. The van der Waals surface area contributed by atoms with Gasteiger partial charge < -0.3 is 18.6 Å². The van der Waals surface area contributed by atoms with Crippen LogP contribution in [0.4, 0.5) is 0 Å². The fourth-order valence-electron chi connectivity index (χ4n) is 3.65. The number of fused-ring (bicyclic) bond motifs is 1. The quantitative estimate of drug-likeness (QED) is 0.807. The summed E-state index contributed by atoms with van der Waals surface area (Å²) in [6.45, 7) is 6.34. The minimum Gasteiger partial charge on any atom is -0.463 e. The zero-order valence-electron chi connectivity index (χ0n) is 14.4. The van der Waals surface area contributed by atoms with Crippen LogP contribution in [-0.4, -0.2) is 40.0 Å². The van der Waals surface area contributed by atoms with Crippen LogP contribution in [0, 0.1) is 0 Å². The smallest absolute Gasteiger partial charge is 0.355 e. The van der Waals surface area contributed by atoms with Crippen LogP contribution in [0.25, 0.3) is 11.1 Å². The summed E-state index contributed by atoms with van der Waals surface area (Å²) in [5.41, 5.74) is 1.69. The summed E-state index contributed by atoms with van der Waals surface area (Å²) in [5, 5.41) is 0. The lowest BCUT2D eigenvalue weighted by Gasteiger charge is -2.39. The van der Waals surface area contributed by atoms with E-state index in [0.29, 0.717) is 17.9 Å². The van der Waals surface area contributed by atoms with Gasteiger partial charge in [-0.05, 0) is 40.0 Å². The molecular formula is C18H24N2O4. The average Bonchev–Trinajstić information content (AvgIpc) is 3.10. The summed E-state index contributed by atoms with van der Waals surface area (Å²) < 4.78 is 12.2. The van der Waals surface area contributed by atoms with Gasteiger partial charge in [-0.3, -0.25) is 4.79 Å². The molecule has 0 unspecified atom stereocenters. The molecule has 2 aromatic heterocycles. The maximum absolute atomic E-state index is 12.9. The highest BCUT2D eigenvalue weighted by atomic mass is 16.5. The number of esters is 1. The van der Waals surface area contributed by atoms with Crippen LogP contribution in [0.15, 0.2) is 22.8 Å². The third-order valence-electron chi connectivity index (χ3n) is 4.78. The van der Waals surface area contributed by atoms with Gasteiger partial charge in [0.05, 0.1) is 18.4 Å². The predicted molar refractivity (Wildman–Crippen MR) is 89.8 cm³/mol. The number of likely N-dealkylation sites (tertiary alicyclic amines) is 1. The number of nitrogens with zero attached hydrogens (tertiary/aromatic N) is 2. The number of rotatable bonds is 4. The monoisotopic (exact) mass is 332 g/mol. The molecule has 0 N–H and O–H groups in total. The predicted octanol–water partition coefficient (Wildman–Crippen LogP) is 3.20. The van der Waals surface area contributed by atoms with E-state index in [2.05, 4.69) is 13.8 Å². The standard InChI is InChI=1S/C18H24N2O4/c1-4-23-18(22)15-10-16-14(8-9-24-16)19(15)11-17(21)20-12(2)6-5-7-13(20)3/h8-10,12-13H,4-7,11H2,1-3H3/t12-,13+. The van der Waals surface area contributed by atoms with Gasteiger partial charge in [0.15, 0.2) is 5.58 Å². The van der Waals surface area contributed by atoms with Crippen molar-refractivity contribution >= 4 is 23.0 Å². The van der Waals surface area contributed by atoms with Crippen molar-refractivity contribution < 1.29 is 18.7 Å². The molecule has 0 bridgehead atoms. The topological polar surface area (TPSA) is 64.7 Å². The van der Waals surface area contributed by atoms with Crippen molar-refractivity contribution in [2.24, 2.45) is 0 Å². The molecule has 1 aliphatic heterocycles. The number of ether oxygens (including phenoxy) is 1. The summed E-state index contributed by atoms with van der Waals surface area (Å²) in [7, 11) is 0. The van der Waals surface area contributed by atoms with E-state index in [0.717, 1.165) is 24.8 Å². The van der Waals surface area contributed by atoms with E-state index in [1.54, 1.807) is 29.9 Å². The number of amides is 1. The average molecular weight is 332 g/mol. The lowest BCUT2D eigenvalue weighted by atomic mass is 9.97. The maximum Gasteiger partial charge on any atom is 0.355 e. The minimum absolute atomic E-state index is 0.0268. The fraction of sp³-hybridized carbons (Fsp3) is 0.556. The Morgan fingerprint density at radius 3 is 2.67 bits per heavy atom. The summed E-state index contributed by atoms with van der Waals surface area (Å²) in [6.07, 6.45) is 4.75. The van der Waals surface area contributed by atoms with Crippen LogP contribution >= 0.6 is 0 Å². The lowest BCUT2D eigenvalue weighted by molar-refractivity contribution is -0.137. The van der Waals surface area contributed by atoms with Crippen molar-refractivity contribution in [2.75, 3.05) is 6.61 Å². The summed E-state index contributed by atoms with van der Waals surface area (Å²) in [5.74, 6) is -0.407. The van der Waals surface area contributed by atoms with Gasteiger partial charge in [0.25, 0.3) is 0 Å². The first-order chi connectivity index (χ1) is 11.5. The third kappa shape index (κ3) is 2.92. The number of hydrogen-bond acceptors (Lipinski definition) is 4. The Bertz CT molecular complexity index is 735. The Morgan fingerprint density at radius 2 is 2.00 bits per heavy atom. The van der Waals surface area contributed by atoms with Crippen molar-refractivity contribution in [3.8, 4) is 0 Å². The molecule has 1 aliphatic rings. The summed E-state index contributed by atoms with van der Waals surface area (Å²) >= 11 is 0. The second-order valence-corrected chi connectivity index (χ2v) is 6.44. The highest BCUT2D eigenvalue weighted by molar-refractivity contribution is 5.95. The van der Waals surface area contributed by atoms with Crippen LogP contribution in [-0.2, 0) is 16.1 Å². The highest BCUT2D eigenvalue weighted by Crippen LogP contribution is 2.25. The normalized spacial score (nSPS) is 21.2. The second kappa shape index (κ2) is 6.71. The van der Waals surface area contributed by atoms with Crippen LogP contribution in [0.3, 0.4) is 0 Å². The highest BCUT2D eigenvalue weighted by Gasteiger charge is 2.30. The van der Waals surface area contributed by atoms with Gasteiger partial charge >= 0.3 is 5.97 Å². The molecule has 24 heavy (non-hydrogen) atoms. The van der Waals surface area contributed by atoms with Gasteiger partial charge in [0.2, 0.25) is 5.91 Å². The van der Waals surface area contributed by atoms with Gasteiger partial charge in [0, 0.05) is 24.2 Å². The number of carbonyl (C=O) groups excluding carboxylic acids is 2. The molecule has 0 radical (unpaired) electrons. The zero-order valence-corrected chi connectivity index (χ0v) is 14.4. The molecule has 6 nitrogen and oxygen atoms in total. The Labute approximate surface area is 141 Å². The molecule has 0 spiro atoms. The van der Waals surface area contributed by atoms with Gasteiger partial charge in [-0.1, -0.05) is 0 Å². The van der Waals surface area contributed by atoms with Crippen molar-refractivity contribution in [3.05, 3.63) is 24.1 Å². The van der Waals surface area contributed by atoms with Crippen LogP contribution in [0.2, 0.25) is 0 Å². The Balaban J connectivity index is 1.90. The van der Waals surface area contributed by atoms with E-state index in [-0.39, 0.29) is 24.5 Å². The maximum atomic E-state index is 12.9. The van der Waals surface area contributed by atoms with E-state index < -0.39 is 5.97 Å². The molecule has 6 heteroatoms. The molecule has 2 aromatic rings. The molecule has 1 amide bonds. The third-order valence-corrected chi connectivity index (χ3v) is 4.78. The van der Waals surface area contributed by atoms with Gasteiger partial charge in [-0.15, -0.1) is 0 Å². The van der Waals surface area contributed by atoms with Gasteiger partial charge in [0.1, 0.15) is 12.2 Å². The molecule has 0 saturated carbocycles. The van der Waals surface area contributed by atoms with E-state index in [4.69, 9.17) is 9.15 Å². The molecule has 2 atom stereocenters. The SMILES string of the molecule is CCOC(=O)c1cc2occc2n1CC(=O)N1[C@H](C)CCC[C@@H]1C. The molecular weight excluding hydrogens is 308 g/mol. The molecule has 3 rings (SSSR count). The van der Waals surface area contributed by atoms with Crippen molar-refractivity contribution in [2.45, 2.75) is 58.7 Å². The lowest BCUT2D eigenvalue weighted by Crippen LogP contribution is -2.48. The van der Waals surface area contributed by atoms with Crippen molar-refractivity contribution in [3.63, 3.8) is 0 Å². The first-order valence-corrected chi connectivity index (χ1v) is 8.58. The molecule has 0 aromatic carbocycles. The van der Waals surface area contributed by atoms with Crippen LogP contribution in [0.1, 0.15) is 50.5 Å². The number of piperidine rings is 1. The Hall–Kier alpha value is -2.24. The summed E-state index contributed by atoms with van der Waals surface area (Å²) in [4.78, 5) is 27.1. The number of carbonyl (C=O) groups is 2. The van der Waals surface area contributed by atoms with Crippen molar-refractivity contribution in [1.82, 2.24) is 9.47 Å². The number of hydrogen-bond donors (Lipinski definition) is 0. The molecule has 3 heterocycles. The molecule has 0 aliphatic carbocycles. The molecule has 130 valence electrons. The van der Waals surface area contributed by atoms with Crippen LogP contribution in [0.5, 0.6) is 0 Å². The number of aromatic nitrogens is 1. The zero-order chi connectivity index (χ0) is 17.3. The molecule has 1 saturated heterocycles. The molecule has 1 fully saturated rings. The van der Waals surface area contributed by atoms with E-state index in [9.17, 15) is 9.59 Å². The Kier molecular flexibility index (Phi) is 4.64. The van der Waals surface area contributed by atoms with Crippen LogP contribution < -0.4 is 0 Å². The first-order valence-electron chi connectivity index (χ1n) is 8.58. The van der Waals surface area contributed by atoms with E-state index in [1.807, 2.05) is 4.90 Å².